The van der Waals surface area contributed by atoms with E-state index in [1.807, 2.05) is 16.6 Å². The highest BCUT2D eigenvalue weighted by Crippen LogP contribution is 2.39. The zero-order valence-electron chi connectivity index (χ0n) is 15.5. The van der Waals surface area contributed by atoms with Crippen LogP contribution in [-0.2, 0) is 13.6 Å². The molecule has 1 saturated carbocycles. The predicted molar refractivity (Wildman–Crippen MR) is 99.5 cm³/mol. The maximum Gasteiger partial charge on any atom is 0.266 e. The summed E-state index contributed by atoms with van der Waals surface area (Å²) >= 11 is 0. The minimum Gasteiger partial charge on any atom is -0.297 e. The Morgan fingerprint density at radius 3 is 2.52 bits per heavy atom. The first kappa shape index (κ1) is 16.6. The molecule has 8 heteroatoms. The van der Waals surface area contributed by atoms with Gasteiger partial charge in [0.05, 0.1) is 11.4 Å². The first-order valence-corrected chi connectivity index (χ1v) is 9.65. The lowest BCUT2D eigenvalue weighted by molar-refractivity contribution is 0.197. The molecule has 1 aliphatic carbocycles. The third-order valence-corrected chi connectivity index (χ3v) is 5.66. The molecular formula is C19H23N7O. The molecule has 3 aromatic heterocycles. The van der Waals surface area contributed by atoms with Crippen LogP contribution in [0.3, 0.4) is 0 Å². The molecule has 0 radical (unpaired) electrons. The van der Waals surface area contributed by atoms with E-state index in [4.69, 9.17) is 5.10 Å². The molecule has 0 N–H and O–H groups in total. The van der Waals surface area contributed by atoms with Crippen molar-refractivity contribution in [1.29, 1.82) is 0 Å². The van der Waals surface area contributed by atoms with Gasteiger partial charge in [-0.05, 0) is 57.0 Å². The fraction of sp³-hybridized carbons (Fsp3) is 0.526. The molecule has 0 atom stereocenters. The molecule has 2 aliphatic rings. The Bertz CT molecular complexity index is 1030. The van der Waals surface area contributed by atoms with Crippen LogP contribution in [-0.4, -0.2) is 47.6 Å². The van der Waals surface area contributed by atoms with Crippen LogP contribution in [0.2, 0.25) is 0 Å². The lowest BCUT2D eigenvalue weighted by Crippen LogP contribution is -2.34. The van der Waals surface area contributed by atoms with Crippen molar-refractivity contribution in [2.45, 2.75) is 44.1 Å². The Morgan fingerprint density at radius 1 is 0.963 bits per heavy atom. The zero-order valence-corrected chi connectivity index (χ0v) is 15.5. The Kier molecular flexibility index (Phi) is 4.00. The van der Waals surface area contributed by atoms with Crippen LogP contribution in [0.4, 0.5) is 0 Å². The Hall–Kier alpha value is -2.61. The molecule has 0 amide bonds. The number of rotatable bonds is 4. The van der Waals surface area contributed by atoms with Gasteiger partial charge in [0, 0.05) is 31.5 Å². The summed E-state index contributed by atoms with van der Waals surface area (Å²) in [4.78, 5) is 13.9. The number of nitrogens with zero attached hydrogens (tertiary/aromatic N) is 7. The summed E-state index contributed by atoms with van der Waals surface area (Å²) in [5.74, 6) is 2.00. The van der Waals surface area contributed by atoms with Gasteiger partial charge in [-0.2, -0.15) is 14.7 Å². The van der Waals surface area contributed by atoms with Gasteiger partial charge in [0.1, 0.15) is 0 Å². The van der Waals surface area contributed by atoms with Crippen molar-refractivity contribution in [3.8, 4) is 0 Å². The van der Waals surface area contributed by atoms with E-state index in [2.05, 4.69) is 26.3 Å². The summed E-state index contributed by atoms with van der Waals surface area (Å²) < 4.78 is 3.36. The lowest BCUT2D eigenvalue weighted by atomic mass is 9.96. The molecule has 1 aliphatic heterocycles. The molecule has 4 heterocycles. The van der Waals surface area contributed by atoms with Crippen molar-refractivity contribution < 1.29 is 0 Å². The number of aryl methyl sites for hydroxylation is 1. The number of hydrogen-bond acceptors (Lipinski definition) is 6. The highest BCUT2D eigenvalue weighted by Gasteiger charge is 2.28. The molecule has 140 valence electrons. The van der Waals surface area contributed by atoms with Crippen molar-refractivity contribution in [1.82, 2.24) is 34.5 Å². The molecule has 0 spiro atoms. The Labute approximate surface area is 156 Å². The second-order valence-electron chi connectivity index (χ2n) is 7.70. The molecule has 2 fully saturated rings. The summed E-state index contributed by atoms with van der Waals surface area (Å²) in [6.45, 7) is 2.73. The van der Waals surface area contributed by atoms with Crippen molar-refractivity contribution >= 4 is 5.65 Å². The summed E-state index contributed by atoms with van der Waals surface area (Å²) in [5.41, 5.74) is 2.86. The summed E-state index contributed by atoms with van der Waals surface area (Å²) in [6, 6.07) is 7.54. The monoisotopic (exact) mass is 365 g/mol. The quantitative estimate of drug-likeness (QED) is 0.697. The van der Waals surface area contributed by atoms with Gasteiger partial charge in [-0.25, -0.2) is 4.68 Å². The molecule has 27 heavy (non-hydrogen) atoms. The molecule has 1 saturated heterocycles. The van der Waals surface area contributed by atoms with Gasteiger partial charge in [0.2, 0.25) is 0 Å². The van der Waals surface area contributed by atoms with Crippen LogP contribution in [0.5, 0.6) is 0 Å². The maximum atomic E-state index is 11.5. The fourth-order valence-corrected chi connectivity index (χ4v) is 3.88. The van der Waals surface area contributed by atoms with E-state index in [-0.39, 0.29) is 5.56 Å². The van der Waals surface area contributed by atoms with E-state index >= 15 is 0 Å². The van der Waals surface area contributed by atoms with Crippen LogP contribution in [0.25, 0.3) is 5.65 Å². The van der Waals surface area contributed by atoms with Gasteiger partial charge in [0.15, 0.2) is 11.5 Å². The standard InChI is InChI=1S/C19H23N7O/c1-24-18(27)7-4-15(22-24)12-25-10-8-14(9-11-25)19-21-20-17-6-5-16(13-2-3-13)23-26(17)19/h4-7,13-14H,2-3,8-12H2,1H3. The average Bonchev–Trinajstić information content (AvgIpc) is 3.45. The van der Waals surface area contributed by atoms with Gasteiger partial charge in [0.25, 0.3) is 5.56 Å². The fourth-order valence-electron chi connectivity index (χ4n) is 3.88. The second kappa shape index (κ2) is 6.53. The SMILES string of the molecule is Cn1nc(CN2CCC(c3nnc4ccc(C5CC5)nn34)CC2)ccc1=O. The Morgan fingerprint density at radius 2 is 1.78 bits per heavy atom. The number of hydrogen-bond donors (Lipinski definition) is 0. The predicted octanol–water partition coefficient (Wildman–Crippen LogP) is 1.47. The van der Waals surface area contributed by atoms with Crippen LogP contribution >= 0.6 is 0 Å². The van der Waals surface area contributed by atoms with E-state index in [1.165, 1.54) is 23.2 Å². The molecule has 0 aromatic carbocycles. The van der Waals surface area contributed by atoms with Crippen LogP contribution in [0.15, 0.2) is 29.1 Å². The van der Waals surface area contributed by atoms with Gasteiger partial charge in [-0.15, -0.1) is 10.2 Å². The summed E-state index contributed by atoms with van der Waals surface area (Å²) in [7, 11) is 1.69. The third kappa shape index (κ3) is 3.25. The smallest absolute Gasteiger partial charge is 0.266 e. The molecule has 0 bridgehead atoms. The highest BCUT2D eigenvalue weighted by molar-refractivity contribution is 5.38. The summed E-state index contributed by atoms with van der Waals surface area (Å²) in [5, 5.41) is 17.9. The molecule has 3 aromatic rings. The van der Waals surface area contributed by atoms with Gasteiger partial charge in [-0.3, -0.25) is 9.69 Å². The first-order valence-electron chi connectivity index (χ1n) is 9.65. The van der Waals surface area contributed by atoms with Crippen LogP contribution in [0.1, 0.15) is 54.7 Å². The number of piperidine rings is 1. The maximum absolute atomic E-state index is 11.5. The van der Waals surface area contributed by atoms with Crippen molar-refractivity contribution in [3.05, 3.63) is 51.8 Å². The summed E-state index contributed by atoms with van der Waals surface area (Å²) in [6.07, 6.45) is 4.55. The largest absolute Gasteiger partial charge is 0.297 e. The minimum absolute atomic E-state index is 0.0748. The van der Waals surface area contributed by atoms with Crippen LogP contribution < -0.4 is 5.56 Å². The van der Waals surface area contributed by atoms with E-state index in [1.54, 1.807) is 13.1 Å². The Balaban J connectivity index is 1.28. The minimum atomic E-state index is -0.0748. The van der Waals surface area contributed by atoms with Gasteiger partial charge >= 0.3 is 0 Å². The van der Waals surface area contributed by atoms with Crippen molar-refractivity contribution in [3.63, 3.8) is 0 Å². The van der Waals surface area contributed by atoms with E-state index in [0.717, 1.165) is 49.6 Å². The highest BCUT2D eigenvalue weighted by atomic mass is 16.1. The first-order chi connectivity index (χ1) is 13.2. The number of aromatic nitrogens is 6. The number of likely N-dealkylation sites (tertiary alicyclic amines) is 1. The van der Waals surface area contributed by atoms with Gasteiger partial charge < -0.3 is 0 Å². The second-order valence-corrected chi connectivity index (χ2v) is 7.70. The van der Waals surface area contributed by atoms with Crippen molar-refractivity contribution in [2.24, 2.45) is 7.05 Å². The number of fused-ring (bicyclic) bond motifs is 1. The lowest BCUT2D eigenvalue weighted by Gasteiger charge is -2.30. The van der Waals surface area contributed by atoms with Crippen LogP contribution in [0, 0.1) is 0 Å². The molecule has 8 nitrogen and oxygen atoms in total. The normalized spacial score (nSPS) is 19.0. The molecule has 0 unspecified atom stereocenters. The third-order valence-electron chi connectivity index (χ3n) is 5.66. The van der Waals surface area contributed by atoms with E-state index < -0.39 is 0 Å². The molecule has 5 rings (SSSR count). The average molecular weight is 365 g/mol. The van der Waals surface area contributed by atoms with Crippen molar-refractivity contribution in [2.75, 3.05) is 13.1 Å². The topological polar surface area (TPSA) is 81.2 Å². The van der Waals surface area contributed by atoms with E-state index in [0.29, 0.717) is 11.8 Å². The molecular weight excluding hydrogens is 342 g/mol. The zero-order chi connectivity index (χ0) is 18.4. The van der Waals surface area contributed by atoms with E-state index in [9.17, 15) is 4.79 Å². The van der Waals surface area contributed by atoms with Gasteiger partial charge in [-0.1, -0.05) is 0 Å².